The molecule has 0 aliphatic carbocycles. The van der Waals surface area contributed by atoms with Crippen LogP contribution in [-0.2, 0) is 13.0 Å². The molecule has 0 unspecified atom stereocenters. The number of hydrogen-bond acceptors (Lipinski definition) is 4. The summed E-state index contributed by atoms with van der Waals surface area (Å²) in [7, 11) is 4.07. The zero-order valence-electron chi connectivity index (χ0n) is 11.9. The van der Waals surface area contributed by atoms with Gasteiger partial charge in [-0.05, 0) is 23.3 Å². The maximum atomic E-state index is 5.53. The molecule has 104 valence electrons. The van der Waals surface area contributed by atoms with Gasteiger partial charge in [-0.2, -0.15) is 0 Å². The zero-order chi connectivity index (χ0) is 13.9. The first-order valence-electron chi connectivity index (χ1n) is 6.84. The van der Waals surface area contributed by atoms with E-state index in [2.05, 4.69) is 33.4 Å². The van der Waals surface area contributed by atoms with Gasteiger partial charge in [-0.3, -0.25) is 4.98 Å². The Bertz CT molecular complexity index is 610. The molecule has 1 aliphatic heterocycles. The molecular formula is C16H19N3O. The molecular weight excluding hydrogens is 250 g/mol. The summed E-state index contributed by atoms with van der Waals surface area (Å²) < 4.78 is 5.53. The molecule has 0 fully saturated rings. The number of rotatable bonds is 4. The van der Waals surface area contributed by atoms with Gasteiger partial charge in [0, 0.05) is 33.3 Å². The summed E-state index contributed by atoms with van der Waals surface area (Å²) >= 11 is 0. The predicted octanol–water partition coefficient (Wildman–Crippen LogP) is 2.69. The number of pyridine rings is 1. The van der Waals surface area contributed by atoms with Gasteiger partial charge in [0.25, 0.3) is 0 Å². The van der Waals surface area contributed by atoms with Gasteiger partial charge in [0.1, 0.15) is 5.75 Å². The lowest BCUT2D eigenvalue weighted by atomic mass is 10.1. The van der Waals surface area contributed by atoms with Gasteiger partial charge < -0.3 is 15.0 Å². The molecule has 20 heavy (non-hydrogen) atoms. The highest BCUT2D eigenvalue weighted by Gasteiger charge is 2.12. The Morgan fingerprint density at radius 1 is 1.30 bits per heavy atom. The molecule has 1 N–H and O–H groups in total. The lowest BCUT2D eigenvalue weighted by molar-refractivity contribution is 0.357. The first-order valence-corrected chi connectivity index (χ1v) is 6.84. The molecule has 0 bridgehead atoms. The molecule has 0 amide bonds. The van der Waals surface area contributed by atoms with E-state index >= 15 is 0 Å². The van der Waals surface area contributed by atoms with E-state index in [0.717, 1.165) is 36.7 Å². The van der Waals surface area contributed by atoms with Crippen LogP contribution in [0, 0.1) is 0 Å². The van der Waals surface area contributed by atoms with E-state index < -0.39 is 0 Å². The lowest BCUT2D eigenvalue weighted by Crippen LogP contribution is -2.12. The van der Waals surface area contributed by atoms with Gasteiger partial charge >= 0.3 is 0 Å². The fourth-order valence-corrected chi connectivity index (χ4v) is 2.46. The minimum Gasteiger partial charge on any atom is -0.493 e. The van der Waals surface area contributed by atoms with Crippen LogP contribution in [0.25, 0.3) is 0 Å². The number of nitrogens with one attached hydrogen (secondary N) is 1. The van der Waals surface area contributed by atoms with Gasteiger partial charge in [-0.15, -0.1) is 0 Å². The normalized spacial score (nSPS) is 12.7. The first kappa shape index (κ1) is 12.8. The van der Waals surface area contributed by atoms with Crippen molar-refractivity contribution in [3.05, 3.63) is 47.8 Å². The van der Waals surface area contributed by atoms with Gasteiger partial charge in [-0.25, -0.2) is 0 Å². The highest BCUT2D eigenvalue weighted by Crippen LogP contribution is 2.27. The molecule has 2 aromatic rings. The number of benzene rings is 1. The summed E-state index contributed by atoms with van der Waals surface area (Å²) in [4.78, 5) is 6.27. The van der Waals surface area contributed by atoms with Gasteiger partial charge in [-0.1, -0.05) is 12.1 Å². The second-order valence-corrected chi connectivity index (χ2v) is 5.18. The number of ether oxygens (including phenoxy) is 1. The summed E-state index contributed by atoms with van der Waals surface area (Å²) in [6, 6.07) is 8.41. The average molecular weight is 269 g/mol. The van der Waals surface area contributed by atoms with Gasteiger partial charge in [0.05, 0.1) is 24.2 Å². The number of aromatic nitrogens is 1. The topological polar surface area (TPSA) is 37.4 Å². The molecule has 1 aromatic heterocycles. The summed E-state index contributed by atoms with van der Waals surface area (Å²) in [5, 5.41) is 3.46. The molecule has 0 saturated heterocycles. The largest absolute Gasteiger partial charge is 0.493 e. The predicted molar refractivity (Wildman–Crippen MR) is 81.5 cm³/mol. The van der Waals surface area contributed by atoms with E-state index in [4.69, 9.17) is 4.74 Å². The minimum absolute atomic E-state index is 0.791. The molecule has 1 aliphatic rings. The van der Waals surface area contributed by atoms with Crippen LogP contribution < -0.4 is 15.0 Å². The Morgan fingerprint density at radius 2 is 2.20 bits per heavy atom. The summed E-state index contributed by atoms with van der Waals surface area (Å²) in [5.41, 5.74) is 4.77. The molecule has 0 spiro atoms. The molecule has 3 rings (SSSR count). The van der Waals surface area contributed by atoms with Crippen LogP contribution in [0.5, 0.6) is 5.75 Å². The van der Waals surface area contributed by atoms with Crippen molar-refractivity contribution in [3.63, 3.8) is 0 Å². The van der Waals surface area contributed by atoms with E-state index in [1.807, 2.05) is 32.6 Å². The Morgan fingerprint density at radius 3 is 3.05 bits per heavy atom. The standard InChI is InChI=1S/C16H19N3O/c1-19(2)15-5-7-17-11-14(15)18-10-12-3-4-16-13(9-12)6-8-20-16/h3-5,7,9,11,18H,6,8,10H2,1-2H3. The van der Waals surface area contributed by atoms with E-state index in [1.165, 1.54) is 11.1 Å². The van der Waals surface area contributed by atoms with Crippen LogP contribution in [0.15, 0.2) is 36.7 Å². The Kier molecular flexibility index (Phi) is 3.46. The smallest absolute Gasteiger partial charge is 0.122 e. The number of anilines is 2. The molecule has 0 atom stereocenters. The SMILES string of the molecule is CN(C)c1ccncc1NCc1ccc2c(c1)CCO2. The van der Waals surface area contributed by atoms with Crippen molar-refractivity contribution in [3.8, 4) is 5.75 Å². The zero-order valence-corrected chi connectivity index (χ0v) is 11.9. The van der Waals surface area contributed by atoms with Crippen molar-refractivity contribution < 1.29 is 4.74 Å². The Balaban J connectivity index is 1.74. The first-order chi connectivity index (χ1) is 9.74. The maximum Gasteiger partial charge on any atom is 0.122 e. The maximum absolute atomic E-state index is 5.53. The van der Waals surface area contributed by atoms with Gasteiger partial charge in [0.2, 0.25) is 0 Å². The van der Waals surface area contributed by atoms with E-state index in [1.54, 1.807) is 0 Å². The highest BCUT2D eigenvalue weighted by atomic mass is 16.5. The third kappa shape index (κ3) is 2.54. The molecule has 1 aromatic carbocycles. The quantitative estimate of drug-likeness (QED) is 0.926. The second kappa shape index (κ2) is 5.41. The summed E-state index contributed by atoms with van der Waals surface area (Å²) in [6.45, 7) is 1.60. The number of fused-ring (bicyclic) bond motifs is 1. The molecule has 4 heteroatoms. The minimum atomic E-state index is 0.791. The third-order valence-corrected chi connectivity index (χ3v) is 3.52. The van der Waals surface area contributed by atoms with Crippen LogP contribution in [-0.4, -0.2) is 25.7 Å². The van der Waals surface area contributed by atoms with Crippen molar-refractivity contribution in [2.45, 2.75) is 13.0 Å². The fourth-order valence-electron chi connectivity index (χ4n) is 2.46. The molecule has 4 nitrogen and oxygen atoms in total. The van der Waals surface area contributed by atoms with Crippen molar-refractivity contribution in [2.75, 3.05) is 30.9 Å². The van der Waals surface area contributed by atoms with E-state index in [-0.39, 0.29) is 0 Å². The molecule has 0 saturated carbocycles. The number of hydrogen-bond donors (Lipinski definition) is 1. The second-order valence-electron chi connectivity index (χ2n) is 5.18. The Labute approximate surface area is 119 Å². The fraction of sp³-hybridized carbons (Fsp3) is 0.312. The van der Waals surface area contributed by atoms with Crippen LogP contribution in [0.2, 0.25) is 0 Å². The van der Waals surface area contributed by atoms with Crippen molar-refractivity contribution >= 4 is 11.4 Å². The average Bonchev–Trinajstić information content (AvgIpc) is 2.92. The Hall–Kier alpha value is -2.23. The van der Waals surface area contributed by atoms with Gasteiger partial charge in [0.15, 0.2) is 0 Å². The van der Waals surface area contributed by atoms with Crippen molar-refractivity contribution in [2.24, 2.45) is 0 Å². The number of nitrogens with zero attached hydrogens (tertiary/aromatic N) is 2. The monoisotopic (exact) mass is 269 g/mol. The lowest BCUT2D eigenvalue weighted by Gasteiger charge is -2.18. The third-order valence-electron chi connectivity index (χ3n) is 3.52. The van der Waals surface area contributed by atoms with E-state index in [0.29, 0.717) is 0 Å². The van der Waals surface area contributed by atoms with E-state index in [9.17, 15) is 0 Å². The van der Waals surface area contributed by atoms with Crippen LogP contribution in [0.1, 0.15) is 11.1 Å². The van der Waals surface area contributed by atoms with Crippen molar-refractivity contribution in [1.29, 1.82) is 0 Å². The molecule has 0 radical (unpaired) electrons. The van der Waals surface area contributed by atoms with Crippen LogP contribution in [0.4, 0.5) is 11.4 Å². The molecule has 2 heterocycles. The van der Waals surface area contributed by atoms with Crippen LogP contribution in [0.3, 0.4) is 0 Å². The van der Waals surface area contributed by atoms with Crippen molar-refractivity contribution in [1.82, 2.24) is 4.98 Å². The van der Waals surface area contributed by atoms with Crippen LogP contribution >= 0.6 is 0 Å². The summed E-state index contributed by atoms with van der Waals surface area (Å²) in [6.07, 6.45) is 4.69. The highest BCUT2D eigenvalue weighted by molar-refractivity contribution is 5.68. The summed E-state index contributed by atoms with van der Waals surface area (Å²) in [5.74, 6) is 1.03.